The highest BCUT2D eigenvalue weighted by atomic mass is 19.1. The van der Waals surface area contributed by atoms with Crippen molar-refractivity contribution in [3.8, 4) is 0 Å². The van der Waals surface area contributed by atoms with Gasteiger partial charge in [0.25, 0.3) is 5.91 Å². The number of likely N-dealkylation sites (tertiary alicyclic amines) is 1. The van der Waals surface area contributed by atoms with Crippen molar-refractivity contribution in [3.05, 3.63) is 35.4 Å². The molecule has 1 aromatic carbocycles. The molecule has 0 aromatic heterocycles. The number of nitrogens with one attached hydrogen (secondary N) is 1. The molecular weight excluding hydrogens is 262 g/mol. The first-order chi connectivity index (χ1) is 9.61. The predicted octanol–water partition coefficient (Wildman–Crippen LogP) is 2.03. The first-order valence-corrected chi connectivity index (χ1v) is 7.08. The molecule has 20 heavy (non-hydrogen) atoms. The van der Waals surface area contributed by atoms with Crippen molar-refractivity contribution in [2.24, 2.45) is 11.8 Å². The molecule has 108 valence electrons. The molecule has 3 nitrogen and oxygen atoms in total. The highest BCUT2D eigenvalue weighted by Gasteiger charge is 2.45. The summed E-state index contributed by atoms with van der Waals surface area (Å²) in [6.07, 6.45) is 0.859. The number of hydrogen-bond acceptors (Lipinski definition) is 2. The van der Waals surface area contributed by atoms with E-state index in [0.717, 1.165) is 31.6 Å². The van der Waals surface area contributed by atoms with Crippen LogP contribution in [0.15, 0.2) is 18.2 Å². The smallest absolute Gasteiger partial charge is 0.257 e. The van der Waals surface area contributed by atoms with Crippen LogP contribution < -0.4 is 5.32 Å². The lowest BCUT2D eigenvalue weighted by atomic mass is 9.93. The van der Waals surface area contributed by atoms with E-state index in [1.54, 1.807) is 4.90 Å². The van der Waals surface area contributed by atoms with Gasteiger partial charge >= 0.3 is 0 Å². The molecule has 0 radical (unpaired) electrons. The summed E-state index contributed by atoms with van der Waals surface area (Å²) in [6, 6.07) is 3.29. The van der Waals surface area contributed by atoms with Crippen LogP contribution >= 0.6 is 0 Å². The quantitative estimate of drug-likeness (QED) is 0.899. The molecular formula is C15H18F2N2O. The molecule has 0 spiro atoms. The van der Waals surface area contributed by atoms with Crippen molar-refractivity contribution in [1.82, 2.24) is 10.2 Å². The van der Waals surface area contributed by atoms with Crippen molar-refractivity contribution in [3.63, 3.8) is 0 Å². The average Bonchev–Trinajstić information content (AvgIpc) is 2.97. The molecule has 2 aliphatic rings. The van der Waals surface area contributed by atoms with Gasteiger partial charge in [0.05, 0.1) is 5.56 Å². The molecule has 3 unspecified atom stereocenters. The van der Waals surface area contributed by atoms with Gasteiger partial charge in [-0.15, -0.1) is 0 Å². The van der Waals surface area contributed by atoms with Crippen LogP contribution in [-0.4, -0.2) is 36.5 Å². The number of amides is 1. The zero-order chi connectivity index (χ0) is 14.3. The molecule has 2 saturated heterocycles. The zero-order valence-electron chi connectivity index (χ0n) is 11.4. The number of benzene rings is 1. The van der Waals surface area contributed by atoms with Crippen molar-refractivity contribution < 1.29 is 13.6 Å². The van der Waals surface area contributed by atoms with Gasteiger partial charge in [-0.3, -0.25) is 4.79 Å². The van der Waals surface area contributed by atoms with Crippen LogP contribution in [0.1, 0.15) is 23.7 Å². The van der Waals surface area contributed by atoms with Crippen molar-refractivity contribution in [2.75, 3.05) is 19.6 Å². The second-order valence-corrected chi connectivity index (χ2v) is 5.64. The molecule has 0 saturated carbocycles. The minimum atomic E-state index is -0.778. The number of hydrogen-bond donors (Lipinski definition) is 1. The van der Waals surface area contributed by atoms with Crippen LogP contribution in [0.5, 0.6) is 0 Å². The lowest BCUT2D eigenvalue weighted by Crippen LogP contribution is -2.39. The normalized spacial score (nSPS) is 28.8. The minimum Gasteiger partial charge on any atom is -0.335 e. The topological polar surface area (TPSA) is 32.3 Å². The van der Waals surface area contributed by atoms with Crippen molar-refractivity contribution >= 4 is 5.91 Å². The molecule has 3 atom stereocenters. The third-order valence-electron chi connectivity index (χ3n) is 4.56. The third-order valence-corrected chi connectivity index (χ3v) is 4.56. The first kappa shape index (κ1) is 13.5. The Balaban J connectivity index is 1.86. The highest BCUT2D eigenvalue weighted by Crippen LogP contribution is 2.35. The summed E-state index contributed by atoms with van der Waals surface area (Å²) in [7, 11) is 0. The standard InChI is InChI=1S/C15H18F2N2O/c1-2-14-12-7-18-6-9(12)8-19(14)15(20)11-4-3-10(16)5-13(11)17/h3-5,9,12,14,18H,2,6-8H2,1H3. The van der Waals surface area contributed by atoms with Crippen LogP contribution in [0.25, 0.3) is 0 Å². The molecule has 5 heteroatoms. The maximum absolute atomic E-state index is 13.8. The molecule has 0 aliphatic carbocycles. The molecule has 3 rings (SSSR count). The highest BCUT2D eigenvalue weighted by molar-refractivity contribution is 5.95. The van der Waals surface area contributed by atoms with E-state index in [2.05, 4.69) is 5.32 Å². The Morgan fingerprint density at radius 2 is 2.20 bits per heavy atom. The van der Waals surface area contributed by atoms with Gasteiger partial charge in [0, 0.05) is 31.7 Å². The maximum Gasteiger partial charge on any atom is 0.257 e. The van der Waals surface area contributed by atoms with Gasteiger partial charge in [-0.25, -0.2) is 8.78 Å². The second-order valence-electron chi connectivity index (χ2n) is 5.64. The Morgan fingerprint density at radius 3 is 2.90 bits per heavy atom. The predicted molar refractivity (Wildman–Crippen MR) is 71.3 cm³/mol. The molecule has 2 heterocycles. The van der Waals surface area contributed by atoms with E-state index < -0.39 is 11.6 Å². The summed E-state index contributed by atoms with van der Waals surface area (Å²) in [5.41, 5.74) is -0.0298. The fourth-order valence-electron chi connectivity index (χ4n) is 3.60. The van der Waals surface area contributed by atoms with E-state index in [1.165, 1.54) is 6.07 Å². The molecule has 1 aromatic rings. The number of halogens is 2. The van der Waals surface area contributed by atoms with Gasteiger partial charge in [-0.1, -0.05) is 6.92 Å². The number of fused-ring (bicyclic) bond motifs is 1. The van der Waals surface area contributed by atoms with Crippen molar-refractivity contribution in [1.29, 1.82) is 0 Å². The Morgan fingerprint density at radius 1 is 1.40 bits per heavy atom. The zero-order valence-corrected chi connectivity index (χ0v) is 11.4. The van der Waals surface area contributed by atoms with Gasteiger partial charge in [-0.2, -0.15) is 0 Å². The Labute approximate surface area is 117 Å². The lowest BCUT2D eigenvalue weighted by molar-refractivity contribution is 0.0707. The Hall–Kier alpha value is -1.49. The number of rotatable bonds is 2. The molecule has 2 aliphatic heterocycles. The molecule has 2 fully saturated rings. The van der Waals surface area contributed by atoms with Crippen LogP contribution in [0.3, 0.4) is 0 Å². The largest absolute Gasteiger partial charge is 0.335 e. The summed E-state index contributed by atoms with van der Waals surface area (Å²) in [4.78, 5) is 14.3. The summed E-state index contributed by atoms with van der Waals surface area (Å²) in [6.45, 7) is 4.54. The second kappa shape index (κ2) is 5.13. The van der Waals surface area contributed by atoms with Crippen LogP contribution in [0.2, 0.25) is 0 Å². The van der Waals surface area contributed by atoms with E-state index in [-0.39, 0.29) is 17.5 Å². The first-order valence-electron chi connectivity index (χ1n) is 7.08. The molecule has 1 N–H and O–H groups in total. The number of carbonyl (C=O) groups excluding carboxylic acids is 1. The van der Waals surface area contributed by atoms with Crippen molar-refractivity contribution in [2.45, 2.75) is 19.4 Å². The van der Waals surface area contributed by atoms with E-state index in [0.29, 0.717) is 18.4 Å². The third kappa shape index (κ3) is 2.10. The van der Waals surface area contributed by atoms with E-state index in [4.69, 9.17) is 0 Å². The van der Waals surface area contributed by atoms with Gasteiger partial charge in [-0.05, 0) is 30.4 Å². The van der Waals surface area contributed by atoms with E-state index >= 15 is 0 Å². The van der Waals surface area contributed by atoms with Gasteiger partial charge in [0.15, 0.2) is 0 Å². The summed E-state index contributed by atoms with van der Waals surface area (Å²) >= 11 is 0. The maximum atomic E-state index is 13.8. The SMILES string of the molecule is CCC1C2CNCC2CN1C(=O)c1ccc(F)cc1F. The van der Waals surface area contributed by atoms with E-state index in [9.17, 15) is 13.6 Å². The fraction of sp³-hybridized carbons (Fsp3) is 0.533. The Bertz CT molecular complexity index is 535. The molecule has 1 amide bonds. The van der Waals surface area contributed by atoms with Crippen LogP contribution in [0.4, 0.5) is 8.78 Å². The lowest BCUT2D eigenvalue weighted by Gasteiger charge is -2.27. The fourth-order valence-corrected chi connectivity index (χ4v) is 3.60. The van der Waals surface area contributed by atoms with Crippen LogP contribution in [-0.2, 0) is 0 Å². The summed E-state index contributed by atoms with van der Waals surface area (Å²) < 4.78 is 26.7. The monoisotopic (exact) mass is 280 g/mol. The Kier molecular flexibility index (Phi) is 3.46. The summed E-state index contributed by atoms with van der Waals surface area (Å²) in [5.74, 6) is -0.850. The number of carbonyl (C=O) groups is 1. The number of nitrogens with zero attached hydrogens (tertiary/aromatic N) is 1. The summed E-state index contributed by atoms with van der Waals surface area (Å²) in [5, 5.41) is 3.35. The molecule has 0 bridgehead atoms. The van der Waals surface area contributed by atoms with Gasteiger partial charge in [0.1, 0.15) is 11.6 Å². The van der Waals surface area contributed by atoms with Gasteiger partial charge < -0.3 is 10.2 Å². The van der Waals surface area contributed by atoms with E-state index in [1.807, 2.05) is 6.92 Å². The minimum absolute atomic E-state index is 0.0298. The van der Waals surface area contributed by atoms with Crippen LogP contribution in [0, 0.1) is 23.5 Å². The average molecular weight is 280 g/mol. The van der Waals surface area contributed by atoms with Gasteiger partial charge in [0.2, 0.25) is 0 Å².